The first-order chi connectivity index (χ1) is 11.8. The van der Waals surface area contributed by atoms with Gasteiger partial charge in [0.1, 0.15) is 17.8 Å². The van der Waals surface area contributed by atoms with Gasteiger partial charge in [0.05, 0.1) is 0 Å². The van der Waals surface area contributed by atoms with Gasteiger partial charge in [0.2, 0.25) is 0 Å². The minimum Gasteiger partial charge on any atom is -0.268 e. The summed E-state index contributed by atoms with van der Waals surface area (Å²) < 4.78 is 17.1. The number of hydrogen-bond acceptors (Lipinski definition) is 3. The molecule has 0 N–H and O–H groups in total. The Bertz CT molecular complexity index is 1050. The van der Waals surface area contributed by atoms with Crippen LogP contribution in [0.1, 0.15) is 12.1 Å². The van der Waals surface area contributed by atoms with Crippen LogP contribution in [0.15, 0.2) is 48.9 Å². The number of halogens is 1. The van der Waals surface area contributed by atoms with Crippen molar-refractivity contribution in [2.75, 3.05) is 0 Å². The van der Waals surface area contributed by atoms with Crippen molar-refractivity contribution in [3.8, 4) is 22.4 Å². The lowest BCUT2D eigenvalue weighted by molar-refractivity contribution is 0.628. The molecule has 1 aromatic carbocycles. The van der Waals surface area contributed by atoms with Crippen molar-refractivity contribution in [2.24, 2.45) is 0 Å². The van der Waals surface area contributed by atoms with Crippen LogP contribution in [0.2, 0.25) is 0 Å². The van der Waals surface area contributed by atoms with E-state index in [9.17, 15) is 4.39 Å². The minimum atomic E-state index is -0.240. The summed E-state index contributed by atoms with van der Waals surface area (Å²) >= 11 is 0. The predicted octanol–water partition coefficient (Wildman–Crippen LogP) is 3.35. The summed E-state index contributed by atoms with van der Waals surface area (Å²) in [5.41, 5.74) is 6.02. The quantitative estimate of drug-likeness (QED) is 0.569. The first kappa shape index (κ1) is 13.4. The zero-order valence-corrected chi connectivity index (χ0v) is 12.9. The van der Waals surface area contributed by atoms with E-state index >= 15 is 0 Å². The fourth-order valence-corrected chi connectivity index (χ4v) is 3.41. The lowest BCUT2D eigenvalue weighted by Crippen LogP contribution is -1.94. The number of pyridine rings is 1. The van der Waals surface area contributed by atoms with Crippen LogP contribution in [0.5, 0.6) is 0 Å². The zero-order valence-electron chi connectivity index (χ0n) is 12.9. The van der Waals surface area contributed by atoms with Gasteiger partial charge in [-0.25, -0.2) is 13.9 Å². The molecule has 0 aliphatic carbocycles. The van der Waals surface area contributed by atoms with Gasteiger partial charge in [-0.15, -0.1) is 0 Å². The number of hydrogen-bond donors (Lipinski definition) is 0. The Labute approximate surface area is 137 Å². The van der Waals surface area contributed by atoms with Crippen molar-refractivity contribution in [1.29, 1.82) is 0 Å². The fraction of sp³-hybridized carbons (Fsp3) is 0.167. The molecule has 1 aliphatic rings. The molecule has 4 heterocycles. The molecule has 118 valence electrons. The molecule has 3 aromatic heterocycles. The monoisotopic (exact) mass is 319 g/mol. The van der Waals surface area contributed by atoms with E-state index < -0.39 is 0 Å². The Morgan fingerprint density at radius 1 is 1.00 bits per heavy atom. The molecule has 0 fully saturated rings. The molecule has 0 bridgehead atoms. The zero-order chi connectivity index (χ0) is 16.1. The minimum absolute atomic E-state index is 0.240. The molecule has 4 aromatic rings. The Morgan fingerprint density at radius 2 is 1.83 bits per heavy atom. The van der Waals surface area contributed by atoms with Crippen LogP contribution in [-0.2, 0) is 13.0 Å². The van der Waals surface area contributed by atoms with Gasteiger partial charge >= 0.3 is 0 Å². The lowest BCUT2D eigenvalue weighted by atomic mass is 9.99. The van der Waals surface area contributed by atoms with Crippen LogP contribution >= 0.6 is 0 Å². The molecule has 0 saturated heterocycles. The summed E-state index contributed by atoms with van der Waals surface area (Å²) in [5, 5.41) is 9.01. The van der Waals surface area contributed by atoms with E-state index in [1.165, 1.54) is 17.8 Å². The molecular formula is C18H14FN5. The fourth-order valence-electron chi connectivity index (χ4n) is 3.41. The van der Waals surface area contributed by atoms with Crippen LogP contribution in [0.3, 0.4) is 0 Å². The maximum Gasteiger partial charge on any atom is 0.155 e. The number of benzene rings is 1. The Morgan fingerprint density at radius 3 is 2.71 bits per heavy atom. The maximum absolute atomic E-state index is 13.3. The average molecular weight is 319 g/mol. The van der Waals surface area contributed by atoms with Crippen LogP contribution in [-0.4, -0.2) is 24.4 Å². The van der Waals surface area contributed by atoms with E-state index in [0.29, 0.717) is 0 Å². The molecule has 24 heavy (non-hydrogen) atoms. The highest BCUT2D eigenvalue weighted by Gasteiger charge is 2.24. The van der Waals surface area contributed by atoms with E-state index in [1.54, 1.807) is 23.0 Å². The van der Waals surface area contributed by atoms with Crippen LogP contribution in [0, 0.1) is 5.82 Å². The second-order valence-corrected chi connectivity index (χ2v) is 5.98. The molecule has 0 saturated carbocycles. The molecule has 0 radical (unpaired) electrons. The van der Waals surface area contributed by atoms with Gasteiger partial charge in [-0.05, 0) is 49.2 Å². The average Bonchev–Trinajstić information content (AvgIpc) is 3.29. The summed E-state index contributed by atoms with van der Waals surface area (Å²) in [6.45, 7) is 0.926. The first-order valence-electron chi connectivity index (χ1n) is 7.95. The van der Waals surface area contributed by atoms with Gasteiger partial charge in [0, 0.05) is 35.1 Å². The second kappa shape index (κ2) is 4.99. The molecular weight excluding hydrogens is 305 g/mol. The van der Waals surface area contributed by atoms with E-state index in [-0.39, 0.29) is 5.82 Å². The molecule has 1 aliphatic heterocycles. The van der Waals surface area contributed by atoms with Gasteiger partial charge in [0.25, 0.3) is 0 Å². The topological polar surface area (TPSA) is 48.0 Å². The highest BCUT2D eigenvalue weighted by molar-refractivity contribution is 5.83. The van der Waals surface area contributed by atoms with Crippen molar-refractivity contribution >= 4 is 5.65 Å². The van der Waals surface area contributed by atoms with E-state index in [4.69, 9.17) is 5.10 Å². The third kappa shape index (κ3) is 1.96. The summed E-state index contributed by atoms with van der Waals surface area (Å²) in [5.74, 6) is -0.240. The molecule has 0 unspecified atom stereocenters. The van der Waals surface area contributed by atoms with Crippen LogP contribution < -0.4 is 0 Å². The van der Waals surface area contributed by atoms with Crippen molar-refractivity contribution < 1.29 is 4.39 Å². The molecule has 5 rings (SSSR count). The van der Waals surface area contributed by atoms with E-state index in [2.05, 4.69) is 14.8 Å². The van der Waals surface area contributed by atoms with Gasteiger partial charge in [-0.3, -0.25) is 4.68 Å². The molecule has 6 heteroatoms. The number of rotatable bonds is 2. The number of aromatic nitrogens is 5. The number of nitrogens with zero attached hydrogens (tertiary/aromatic N) is 5. The molecule has 5 nitrogen and oxygen atoms in total. The summed E-state index contributed by atoms with van der Waals surface area (Å²) in [6, 6.07) is 10.5. The normalized spacial score (nSPS) is 13.5. The maximum atomic E-state index is 13.3. The smallest absolute Gasteiger partial charge is 0.155 e. The van der Waals surface area contributed by atoms with Crippen molar-refractivity contribution in [3.63, 3.8) is 0 Å². The van der Waals surface area contributed by atoms with Crippen molar-refractivity contribution in [1.82, 2.24) is 24.4 Å². The molecule has 0 amide bonds. The first-order valence-corrected chi connectivity index (χ1v) is 7.95. The Kier molecular flexibility index (Phi) is 2.79. The highest BCUT2D eigenvalue weighted by Crippen LogP contribution is 2.37. The van der Waals surface area contributed by atoms with Gasteiger partial charge < -0.3 is 0 Å². The highest BCUT2D eigenvalue weighted by atomic mass is 19.1. The van der Waals surface area contributed by atoms with Crippen LogP contribution in [0.25, 0.3) is 28.0 Å². The molecule has 0 spiro atoms. The number of aryl methyl sites for hydroxylation is 1. The third-order valence-electron chi connectivity index (χ3n) is 4.52. The van der Waals surface area contributed by atoms with Crippen molar-refractivity contribution in [2.45, 2.75) is 19.4 Å². The second-order valence-electron chi connectivity index (χ2n) is 5.98. The standard InChI is InChI=1S/C18H14FN5/c19-14-6-3-12(4-7-14)18-17(15-2-1-9-23(15)22-18)13-5-8-16-20-11-21-24(16)10-13/h3-8,10-11H,1-2,9H2. The number of fused-ring (bicyclic) bond motifs is 2. The predicted molar refractivity (Wildman–Crippen MR) is 87.9 cm³/mol. The van der Waals surface area contributed by atoms with Gasteiger partial charge in [-0.2, -0.15) is 10.2 Å². The summed E-state index contributed by atoms with van der Waals surface area (Å²) in [7, 11) is 0. The summed E-state index contributed by atoms with van der Waals surface area (Å²) in [4.78, 5) is 4.19. The summed E-state index contributed by atoms with van der Waals surface area (Å²) in [6.07, 6.45) is 5.62. The largest absolute Gasteiger partial charge is 0.268 e. The Hall–Kier alpha value is -3.02. The van der Waals surface area contributed by atoms with Gasteiger partial charge in [-0.1, -0.05) is 0 Å². The van der Waals surface area contributed by atoms with E-state index in [1.807, 2.05) is 18.3 Å². The lowest BCUT2D eigenvalue weighted by Gasteiger charge is -2.06. The van der Waals surface area contributed by atoms with Gasteiger partial charge in [0.15, 0.2) is 5.65 Å². The SMILES string of the molecule is Fc1ccc(-c2nn3c(c2-c2ccc4ncnn4c2)CCC3)cc1. The van der Waals surface area contributed by atoms with Crippen molar-refractivity contribution in [3.05, 3.63) is 60.4 Å². The molecule has 0 atom stereocenters. The van der Waals surface area contributed by atoms with Crippen LogP contribution in [0.4, 0.5) is 4.39 Å². The Balaban J connectivity index is 1.75. The third-order valence-corrected chi connectivity index (χ3v) is 4.52. The van der Waals surface area contributed by atoms with E-state index in [0.717, 1.165) is 47.4 Å².